The molecule has 1 aliphatic carbocycles. The van der Waals surface area contributed by atoms with Gasteiger partial charge in [0, 0.05) is 32.2 Å². The van der Waals surface area contributed by atoms with E-state index in [2.05, 4.69) is 41.9 Å². The van der Waals surface area contributed by atoms with Crippen LogP contribution >= 0.6 is 0 Å². The molecule has 0 amide bonds. The Balaban J connectivity index is 1.48. The second kappa shape index (κ2) is 9.15. The summed E-state index contributed by atoms with van der Waals surface area (Å²) in [7, 11) is -1.35. The van der Waals surface area contributed by atoms with Crippen LogP contribution in [0.4, 0.5) is 0 Å². The van der Waals surface area contributed by atoms with Gasteiger partial charge in [-0.3, -0.25) is 0 Å². The zero-order valence-corrected chi connectivity index (χ0v) is 22.2. The van der Waals surface area contributed by atoms with E-state index in [0.29, 0.717) is 24.8 Å². The summed E-state index contributed by atoms with van der Waals surface area (Å²) in [5.74, 6) is -1.09. The van der Waals surface area contributed by atoms with E-state index in [-0.39, 0.29) is 17.5 Å². The van der Waals surface area contributed by atoms with Crippen molar-refractivity contribution in [3.05, 3.63) is 47.2 Å². The van der Waals surface area contributed by atoms with Crippen molar-refractivity contribution in [2.75, 3.05) is 19.8 Å². The summed E-state index contributed by atoms with van der Waals surface area (Å²) in [5, 5.41) is 15.1. The van der Waals surface area contributed by atoms with Crippen molar-refractivity contribution in [3.63, 3.8) is 0 Å². The molecule has 2 aromatic heterocycles. The van der Waals surface area contributed by atoms with Crippen molar-refractivity contribution >= 4 is 30.9 Å². The number of aromatic carboxylic acids is 1. The molecule has 2 unspecified atom stereocenters. The number of hydrogen-bond acceptors (Lipinski definition) is 7. The molecular formula is C26H33N3O6Si. The van der Waals surface area contributed by atoms with Gasteiger partial charge in [-0.2, -0.15) is 4.98 Å². The summed E-state index contributed by atoms with van der Waals surface area (Å²) in [6, 6.07) is 8.73. The van der Waals surface area contributed by atoms with Crippen LogP contribution in [0.5, 0.6) is 0 Å². The highest BCUT2D eigenvalue weighted by atomic mass is 28.3. The maximum absolute atomic E-state index is 12.5. The number of carboxylic acid groups (broad SMARTS) is 1. The molecule has 1 N–H and O–H groups in total. The molecule has 36 heavy (non-hydrogen) atoms. The lowest BCUT2D eigenvalue weighted by molar-refractivity contribution is 0.0469. The van der Waals surface area contributed by atoms with Crippen LogP contribution in [0.25, 0.3) is 10.9 Å². The molecule has 2 atom stereocenters. The molecule has 2 aliphatic rings. The Labute approximate surface area is 210 Å². The van der Waals surface area contributed by atoms with E-state index in [1.807, 2.05) is 17.6 Å². The largest absolute Gasteiger partial charge is 0.477 e. The number of benzene rings is 1. The van der Waals surface area contributed by atoms with Gasteiger partial charge in [0.1, 0.15) is 11.2 Å². The standard InChI is InChI=1S/C26H33N3O6Si/c1-16-15-26(16,25-27-22(35-28-25)24(32)34-11-12-36(2,3)4)29-20-6-5-18(17-7-9-33-10-8-17)13-19(20)14-21(29)23(30)31/h5-6,13-14,16-17H,7-12,15H2,1-4H3,(H,30,31). The SMILES string of the molecule is CC1CC1(c1noc(C(=O)OCC[Si](C)(C)C)n1)n1c(C(=O)O)cc2cc(C3CCOCC3)ccc21. The smallest absolute Gasteiger partial charge is 0.397 e. The van der Waals surface area contributed by atoms with Gasteiger partial charge >= 0.3 is 17.8 Å². The first-order valence-corrected chi connectivity index (χ1v) is 16.3. The molecule has 2 fully saturated rings. The third kappa shape index (κ3) is 4.48. The van der Waals surface area contributed by atoms with Crippen molar-refractivity contribution < 1.29 is 28.7 Å². The summed E-state index contributed by atoms with van der Waals surface area (Å²) < 4.78 is 18.0. The minimum absolute atomic E-state index is 0.0646. The molecule has 9 nitrogen and oxygen atoms in total. The van der Waals surface area contributed by atoms with Crippen molar-refractivity contribution in [2.24, 2.45) is 5.92 Å². The molecule has 1 aliphatic heterocycles. The number of carbonyl (C=O) groups excluding carboxylic acids is 1. The normalized spacial score (nSPS) is 22.6. The lowest BCUT2D eigenvalue weighted by Crippen LogP contribution is -2.26. The Morgan fingerprint density at radius 3 is 2.58 bits per heavy atom. The fourth-order valence-electron chi connectivity index (χ4n) is 5.23. The molecule has 5 rings (SSSR count). The Hall–Kier alpha value is -2.98. The molecular weight excluding hydrogens is 478 g/mol. The van der Waals surface area contributed by atoms with E-state index < -0.39 is 25.6 Å². The van der Waals surface area contributed by atoms with Crippen molar-refractivity contribution in [2.45, 2.75) is 63.3 Å². The average molecular weight is 512 g/mol. The van der Waals surface area contributed by atoms with E-state index in [4.69, 9.17) is 14.0 Å². The molecule has 192 valence electrons. The van der Waals surface area contributed by atoms with Gasteiger partial charge in [-0.25, -0.2) is 9.59 Å². The Morgan fingerprint density at radius 2 is 1.94 bits per heavy atom. The van der Waals surface area contributed by atoms with Crippen LogP contribution in [0.15, 0.2) is 28.8 Å². The monoisotopic (exact) mass is 511 g/mol. The van der Waals surface area contributed by atoms with Crippen molar-refractivity contribution in [1.82, 2.24) is 14.7 Å². The number of carbonyl (C=O) groups is 2. The summed E-state index contributed by atoms with van der Waals surface area (Å²) in [5.41, 5.74) is 1.37. The molecule has 1 aromatic carbocycles. The molecule has 3 heterocycles. The molecule has 1 saturated carbocycles. The number of hydrogen-bond donors (Lipinski definition) is 1. The summed E-state index contributed by atoms with van der Waals surface area (Å²) in [6.07, 6.45) is 2.56. The maximum atomic E-state index is 12.5. The maximum Gasteiger partial charge on any atom is 0.397 e. The molecule has 0 spiro atoms. The Bertz CT molecular complexity index is 1300. The second-order valence-corrected chi connectivity index (χ2v) is 16.9. The van der Waals surface area contributed by atoms with E-state index in [1.54, 1.807) is 6.07 Å². The van der Waals surface area contributed by atoms with Gasteiger partial charge in [-0.1, -0.05) is 37.8 Å². The predicted octanol–water partition coefficient (Wildman–Crippen LogP) is 4.89. The summed E-state index contributed by atoms with van der Waals surface area (Å²) in [4.78, 5) is 29.2. The highest BCUT2D eigenvalue weighted by molar-refractivity contribution is 6.76. The number of rotatable bonds is 8. The van der Waals surface area contributed by atoms with Crippen LogP contribution in [-0.2, 0) is 15.0 Å². The van der Waals surface area contributed by atoms with Gasteiger partial charge in [0.2, 0.25) is 0 Å². The fraction of sp³-hybridized carbons (Fsp3) is 0.538. The third-order valence-electron chi connectivity index (χ3n) is 7.48. The van der Waals surface area contributed by atoms with E-state index in [1.165, 1.54) is 5.56 Å². The van der Waals surface area contributed by atoms with Gasteiger partial charge in [0.15, 0.2) is 5.82 Å². The molecule has 1 saturated heterocycles. The third-order valence-corrected chi connectivity index (χ3v) is 9.19. The number of nitrogens with zero attached hydrogens (tertiary/aromatic N) is 3. The van der Waals surface area contributed by atoms with E-state index >= 15 is 0 Å². The van der Waals surface area contributed by atoms with Gasteiger partial charge < -0.3 is 23.7 Å². The van der Waals surface area contributed by atoms with Gasteiger partial charge in [0.25, 0.3) is 0 Å². The van der Waals surface area contributed by atoms with Gasteiger partial charge in [0.05, 0.1) is 6.61 Å². The van der Waals surface area contributed by atoms with Crippen molar-refractivity contribution in [1.29, 1.82) is 0 Å². The van der Waals surface area contributed by atoms with Gasteiger partial charge in [-0.15, -0.1) is 0 Å². The number of aromatic nitrogens is 3. The first-order valence-electron chi connectivity index (χ1n) is 12.6. The second-order valence-electron chi connectivity index (χ2n) is 11.3. The first kappa shape index (κ1) is 24.7. The quantitative estimate of drug-likeness (QED) is 0.335. The molecule has 10 heteroatoms. The number of esters is 1. The minimum atomic E-state index is -1.35. The lowest BCUT2D eigenvalue weighted by atomic mass is 9.91. The predicted molar refractivity (Wildman–Crippen MR) is 135 cm³/mol. The van der Waals surface area contributed by atoms with E-state index in [0.717, 1.165) is 43.0 Å². The molecule has 3 aromatic rings. The van der Waals surface area contributed by atoms with E-state index in [9.17, 15) is 14.7 Å². The molecule has 0 radical (unpaired) electrons. The number of ether oxygens (including phenoxy) is 2. The lowest BCUT2D eigenvalue weighted by Gasteiger charge is -2.23. The van der Waals surface area contributed by atoms with Crippen LogP contribution in [0, 0.1) is 5.92 Å². The minimum Gasteiger partial charge on any atom is -0.477 e. The summed E-state index contributed by atoms with van der Waals surface area (Å²) in [6.45, 7) is 10.4. The van der Waals surface area contributed by atoms with Crippen molar-refractivity contribution in [3.8, 4) is 0 Å². The van der Waals surface area contributed by atoms with Crippen LogP contribution in [0.3, 0.4) is 0 Å². The molecule has 0 bridgehead atoms. The first-order chi connectivity index (χ1) is 17.1. The Kier molecular flexibility index (Phi) is 6.28. The highest BCUT2D eigenvalue weighted by Gasteiger charge is 2.59. The van der Waals surface area contributed by atoms with Crippen LogP contribution in [0.1, 0.15) is 64.7 Å². The van der Waals surface area contributed by atoms with Crippen LogP contribution in [0.2, 0.25) is 25.7 Å². The van der Waals surface area contributed by atoms with Crippen LogP contribution < -0.4 is 0 Å². The highest BCUT2D eigenvalue weighted by Crippen LogP contribution is 2.56. The number of carboxylic acids is 1. The topological polar surface area (TPSA) is 117 Å². The fourth-order valence-corrected chi connectivity index (χ4v) is 5.95. The number of fused-ring (bicyclic) bond motifs is 1. The average Bonchev–Trinajstić information content (AvgIpc) is 3.19. The zero-order chi connectivity index (χ0) is 25.7. The Morgan fingerprint density at radius 1 is 1.22 bits per heavy atom. The van der Waals surface area contributed by atoms with Gasteiger partial charge in [-0.05, 0) is 60.9 Å². The summed E-state index contributed by atoms with van der Waals surface area (Å²) >= 11 is 0. The zero-order valence-electron chi connectivity index (χ0n) is 21.2. The van der Waals surface area contributed by atoms with Crippen LogP contribution in [-0.4, -0.2) is 59.6 Å².